The van der Waals surface area contributed by atoms with Gasteiger partial charge in [0.2, 0.25) is 5.78 Å². The summed E-state index contributed by atoms with van der Waals surface area (Å²) < 4.78 is 7.51. The molecule has 8 nitrogen and oxygen atoms in total. The van der Waals surface area contributed by atoms with Crippen molar-refractivity contribution in [1.29, 1.82) is 0 Å². The highest BCUT2D eigenvalue weighted by Crippen LogP contribution is 2.50. The van der Waals surface area contributed by atoms with Crippen molar-refractivity contribution >= 4 is 34.9 Å². The molecule has 6 rings (SSSR count). The quantitative estimate of drug-likeness (QED) is 0.233. The molecule has 1 fully saturated rings. The van der Waals surface area contributed by atoms with Crippen LogP contribution in [0.25, 0.3) is 17.2 Å². The van der Waals surface area contributed by atoms with Crippen LogP contribution >= 0.6 is 23.2 Å². The van der Waals surface area contributed by atoms with E-state index in [9.17, 15) is 9.59 Å². The third-order valence-corrected chi connectivity index (χ3v) is 8.02. The molecule has 1 aliphatic carbocycles. The Bertz CT molecular complexity index is 1800. The van der Waals surface area contributed by atoms with Crippen LogP contribution < -0.4 is 15.6 Å². The summed E-state index contributed by atoms with van der Waals surface area (Å²) in [4.78, 5) is 34.6. The number of benzene rings is 3. The number of ether oxygens (including phenoxy) is 1. The number of carbonyl (C=O) groups is 1. The van der Waals surface area contributed by atoms with E-state index in [-0.39, 0.29) is 29.1 Å². The topological polar surface area (TPSA) is 101 Å². The Balaban J connectivity index is 1.30. The van der Waals surface area contributed by atoms with Crippen LogP contribution in [0.4, 0.5) is 0 Å². The number of nitrogens with zero attached hydrogens (tertiary/aromatic N) is 3. The summed E-state index contributed by atoms with van der Waals surface area (Å²) in [5, 5.41) is 8.63. The maximum absolute atomic E-state index is 13.9. The standard InChI is InChI=1S/C31H27Cl2N5O3/c1-30(41-23-11-7-10-21(32)16-23,28(40)34-19-31(14-15-31)24-12-5-6-13-25(24)33)18-22-17-26(39)38-29(35-22)36-27(37-38)20-8-3-2-4-9-20/h2-13,16-17H,14-15,18-19H2,1H3,(H,34,40)(H,35,36,37). The van der Waals surface area contributed by atoms with Gasteiger partial charge < -0.3 is 15.0 Å². The van der Waals surface area contributed by atoms with Crippen molar-refractivity contribution in [1.82, 2.24) is 24.9 Å². The smallest absolute Gasteiger partial charge is 0.275 e. The summed E-state index contributed by atoms with van der Waals surface area (Å²) in [7, 11) is 0. The number of H-pyrrole nitrogens is 1. The molecule has 5 aromatic rings. The van der Waals surface area contributed by atoms with Crippen LogP contribution in [0.5, 0.6) is 5.75 Å². The highest BCUT2D eigenvalue weighted by Gasteiger charge is 2.47. The highest BCUT2D eigenvalue weighted by atomic mass is 35.5. The maximum Gasteiger partial charge on any atom is 0.275 e. The van der Waals surface area contributed by atoms with Crippen molar-refractivity contribution in [2.45, 2.75) is 37.2 Å². The van der Waals surface area contributed by atoms with Gasteiger partial charge in [0, 0.05) is 45.7 Å². The predicted molar refractivity (Wildman–Crippen MR) is 159 cm³/mol. The fraction of sp³-hybridized carbons (Fsp3) is 0.226. The van der Waals surface area contributed by atoms with Gasteiger partial charge in [-0.25, -0.2) is 0 Å². The van der Waals surface area contributed by atoms with Crippen LogP contribution in [-0.2, 0) is 16.6 Å². The minimum atomic E-state index is -1.40. The van der Waals surface area contributed by atoms with E-state index in [0.717, 1.165) is 24.0 Å². The van der Waals surface area contributed by atoms with Gasteiger partial charge in [-0.2, -0.15) is 9.50 Å². The average Bonchev–Trinajstić information content (AvgIpc) is 3.61. The van der Waals surface area contributed by atoms with Crippen molar-refractivity contribution in [3.8, 4) is 17.1 Å². The fourth-order valence-corrected chi connectivity index (χ4v) is 5.59. The molecule has 0 aliphatic heterocycles. The van der Waals surface area contributed by atoms with Crippen molar-refractivity contribution in [3.63, 3.8) is 0 Å². The van der Waals surface area contributed by atoms with Crippen molar-refractivity contribution < 1.29 is 9.53 Å². The van der Waals surface area contributed by atoms with E-state index in [0.29, 0.717) is 33.9 Å². The zero-order valence-electron chi connectivity index (χ0n) is 22.2. The number of hydrogen-bond acceptors (Lipinski definition) is 5. The Morgan fingerprint density at radius 3 is 2.54 bits per heavy atom. The molecule has 2 aromatic heterocycles. The lowest BCUT2D eigenvalue weighted by atomic mass is 9.94. The Labute approximate surface area is 246 Å². The second-order valence-electron chi connectivity index (χ2n) is 10.6. The molecule has 0 radical (unpaired) electrons. The van der Waals surface area contributed by atoms with Gasteiger partial charge in [-0.1, -0.05) is 77.8 Å². The lowest BCUT2D eigenvalue weighted by Gasteiger charge is -2.30. The molecule has 1 atom stereocenters. The first-order valence-corrected chi connectivity index (χ1v) is 14.0. The van der Waals surface area contributed by atoms with Crippen LogP contribution in [0, 0.1) is 0 Å². The number of amides is 1. The molecule has 1 unspecified atom stereocenters. The first-order valence-electron chi connectivity index (χ1n) is 13.3. The third kappa shape index (κ3) is 5.58. The van der Waals surface area contributed by atoms with Gasteiger partial charge in [0.25, 0.3) is 11.5 Å². The molecule has 10 heteroatoms. The van der Waals surface area contributed by atoms with E-state index in [1.165, 1.54) is 10.6 Å². The Morgan fingerprint density at radius 2 is 1.80 bits per heavy atom. The molecule has 0 spiro atoms. The largest absolute Gasteiger partial charge is 0.477 e. The molecule has 0 bridgehead atoms. The number of halogens is 2. The number of rotatable bonds is 9. The molecule has 2 N–H and O–H groups in total. The van der Waals surface area contributed by atoms with Gasteiger partial charge in [0.15, 0.2) is 11.4 Å². The second kappa shape index (κ2) is 10.7. The second-order valence-corrected chi connectivity index (χ2v) is 11.4. The SMILES string of the molecule is CC(Cc1cc(=O)n2nc(-c3ccccc3)nc2[nH]1)(Oc1cccc(Cl)c1)C(=O)NCC1(c2ccccc2Cl)CC1. The van der Waals surface area contributed by atoms with Crippen LogP contribution in [-0.4, -0.2) is 37.6 Å². The number of hydrogen-bond donors (Lipinski definition) is 2. The first-order chi connectivity index (χ1) is 19.7. The molecule has 1 aliphatic rings. The monoisotopic (exact) mass is 587 g/mol. The third-order valence-electron chi connectivity index (χ3n) is 7.45. The molecule has 1 amide bonds. The summed E-state index contributed by atoms with van der Waals surface area (Å²) in [6.07, 6.45) is 1.90. The maximum atomic E-state index is 13.9. The number of fused-ring (bicyclic) bond motifs is 1. The van der Waals surface area contributed by atoms with E-state index >= 15 is 0 Å². The summed E-state index contributed by atoms with van der Waals surface area (Å²) in [5.41, 5.74) is 0.297. The zero-order chi connectivity index (χ0) is 28.6. The molecule has 0 saturated heterocycles. The van der Waals surface area contributed by atoms with Gasteiger partial charge in [-0.05, 0) is 49.6 Å². The number of aromatic nitrogens is 4. The highest BCUT2D eigenvalue weighted by molar-refractivity contribution is 6.31. The molecule has 1 saturated carbocycles. The van der Waals surface area contributed by atoms with Gasteiger partial charge in [-0.15, -0.1) is 5.10 Å². The van der Waals surface area contributed by atoms with Gasteiger partial charge >= 0.3 is 0 Å². The van der Waals surface area contributed by atoms with Crippen LogP contribution in [0.15, 0.2) is 89.7 Å². The summed E-state index contributed by atoms with van der Waals surface area (Å²) in [6.45, 7) is 2.10. The number of nitrogens with one attached hydrogen (secondary N) is 2. The van der Waals surface area contributed by atoms with E-state index < -0.39 is 5.60 Å². The average molecular weight is 588 g/mol. The molecular formula is C31H27Cl2N5O3. The van der Waals surface area contributed by atoms with Crippen LogP contribution in [0.1, 0.15) is 31.0 Å². The lowest BCUT2D eigenvalue weighted by Crippen LogP contribution is -2.52. The summed E-state index contributed by atoms with van der Waals surface area (Å²) in [6, 6.07) is 25.4. The number of carbonyl (C=O) groups excluding carboxylic acids is 1. The first kappa shape index (κ1) is 27.1. The van der Waals surface area contributed by atoms with Crippen molar-refractivity contribution in [2.75, 3.05) is 6.54 Å². The summed E-state index contributed by atoms with van der Waals surface area (Å²) >= 11 is 12.7. The molecule has 2 heterocycles. The molecule has 3 aromatic carbocycles. The van der Waals surface area contributed by atoms with E-state index in [4.69, 9.17) is 27.9 Å². The van der Waals surface area contributed by atoms with E-state index in [1.807, 2.05) is 54.6 Å². The molecular weight excluding hydrogens is 561 g/mol. The predicted octanol–water partition coefficient (Wildman–Crippen LogP) is 5.62. The van der Waals surface area contributed by atoms with E-state index in [2.05, 4.69) is 20.4 Å². The fourth-order valence-electron chi connectivity index (χ4n) is 5.08. The summed E-state index contributed by atoms with van der Waals surface area (Å²) in [5.74, 6) is 0.788. The van der Waals surface area contributed by atoms with Gasteiger partial charge in [0.1, 0.15) is 5.75 Å². The van der Waals surface area contributed by atoms with Crippen LogP contribution in [0.2, 0.25) is 10.0 Å². The van der Waals surface area contributed by atoms with E-state index in [1.54, 1.807) is 31.2 Å². The Kier molecular flexibility index (Phi) is 7.05. The Morgan fingerprint density at radius 1 is 1.05 bits per heavy atom. The minimum Gasteiger partial charge on any atom is -0.477 e. The Hall–Kier alpha value is -4.14. The molecule has 208 valence electrons. The minimum absolute atomic E-state index is 0.0592. The zero-order valence-corrected chi connectivity index (χ0v) is 23.7. The van der Waals surface area contributed by atoms with Crippen molar-refractivity contribution in [2.24, 2.45) is 0 Å². The van der Waals surface area contributed by atoms with Gasteiger partial charge in [-0.3, -0.25) is 9.59 Å². The van der Waals surface area contributed by atoms with Crippen LogP contribution in [0.3, 0.4) is 0 Å². The lowest BCUT2D eigenvalue weighted by molar-refractivity contribution is -0.135. The number of aromatic amines is 1. The normalized spacial score (nSPS) is 15.3. The van der Waals surface area contributed by atoms with Gasteiger partial charge in [0.05, 0.1) is 0 Å². The molecule has 41 heavy (non-hydrogen) atoms. The van der Waals surface area contributed by atoms with Crippen molar-refractivity contribution in [3.05, 3.63) is 117 Å².